The lowest BCUT2D eigenvalue weighted by molar-refractivity contribution is -0.134. The van der Waals surface area contributed by atoms with E-state index in [0.717, 1.165) is 80.8 Å². The van der Waals surface area contributed by atoms with Crippen LogP contribution in [0.5, 0.6) is 0 Å². The van der Waals surface area contributed by atoms with Crippen LogP contribution in [0.2, 0.25) is 19.1 Å². The zero-order chi connectivity index (χ0) is 42.6. The number of rotatable bonds is 14. The number of imidazole rings is 1. The summed E-state index contributed by atoms with van der Waals surface area (Å²) in [5.74, 6) is 2.07. The Hall–Kier alpha value is -4.80. The number of aliphatic imine (C=N–C) groups is 1. The fraction of sp³-hybridized carbons (Fsp3) is 0.455. The fourth-order valence-corrected chi connectivity index (χ4v) is 12.7. The highest BCUT2D eigenvalue weighted by Gasteiger charge is 2.45. The Bertz CT molecular complexity index is 2270. The van der Waals surface area contributed by atoms with Gasteiger partial charge < -0.3 is 34.9 Å². The van der Waals surface area contributed by atoms with E-state index in [4.69, 9.17) is 19.5 Å². The first-order valence-electron chi connectivity index (χ1n) is 20.5. The van der Waals surface area contributed by atoms with Gasteiger partial charge in [-0.05, 0) is 101 Å². The summed E-state index contributed by atoms with van der Waals surface area (Å²) >= 11 is 3.28. The van der Waals surface area contributed by atoms with E-state index in [2.05, 4.69) is 83.3 Å². The summed E-state index contributed by atoms with van der Waals surface area (Å²) in [6.45, 7) is 5.22. The maximum absolute atomic E-state index is 13.9. The van der Waals surface area contributed by atoms with Crippen LogP contribution in [0.25, 0.3) is 33.2 Å². The molecule has 4 atom stereocenters. The van der Waals surface area contributed by atoms with Crippen molar-refractivity contribution in [3.8, 4) is 22.4 Å². The maximum atomic E-state index is 13.9. The van der Waals surface area contributed by atoms with Gasteiger partial charge in [0.25, 0.3) is 0 Å². The van der Waals surface area contributed by atoms with Crippen molar-refractivity contribution >= 4 is 77.8 Å². The molecule has 0 aliphatic carbocycles. The third kappa shape index (κ3) is 9.40. The number of benzene rings is 3. The molecule has 3 aliphatic rings. The number of carbonyl (C=O) groups is 4. The number of likely N-dealkylation sites (tertiary alicyclic amines) is 1. The van der Waals surface area contributed by atoms with Crippen LogP contribution >= 0.6 is 23.5 Å². The summed E-state index contributed by atoms with van der Waals surface area (Å²) in [6, 6.07) is 18.5. The minimum atomic E-state index is -1.75. The first-order valence-corrected chi connectivity index (χ1v) is 26.7. The van der Waals surface area contributed by atoms with Gasteiger partial charge in [-0.2, -0.15) is 23.5 Å². The Morgan fingerprint density at radius 3 is 2.13 bits per heavy atom. The van der Waals surface area contributed by atoms with E-state index < -0.39 is 32.3 Å². The van der Waals surface area contributed by atoms with Crippen LogP contribution in [0.15, 0.2) is 65.8 Å². The van der Waals surface area contributed by atoms with Crippen molar-refractivity contribution < 1.29 is 28.7 Å². The van der Waals surface area contributed by atoms with Crippen LogP contribution in [0.4, 0.5) is 15.3 Å². The van der Waals surface area contributed by atoms with Crippen molar-refractivity contribution in [3.05, 3.63) is 72.2 Å². The van der Waals surface area contributed by atoms with Crippen LogP contribution in [-0.4, -0.2) is 127 Å². The number of aromatic nitrogens is 2. The van der Waals surface area contributed by atoms with Crippen LogP contribution in [-0.2, 0) is 25.5 Å². The molecule has 3 aromatic carbocycles. The monoisotopic (exact) mass is 869 g/mol. The van der Waals surface area contributed by atoms with Crippen LogP contribution in [0.3, 0.4) is 0 Å². The SMILES string of the molecule is COC(=O)N[C@@H](CCSC)C(=O)N1CCC[C@H]1C1=Nc2ccc3cc(-c4ccc(-c5cnc([C@@H]6C[Si](C)(C)CN6C(=O)[C@H](CCSC)NC(=O)OC)[nH]5)cc4)ccc3c2C1. The third-order valence-corrected chi connectivity index (χ3v) is 15.8. The smallest absolute Gasteiger partial charge is 0.407 e. The Morgan fingerprint density at radius 1 is 0.850 bits per heavy atom. The number of fused-ring (bicyclic) bond motifs is 3. The highest BCUT2D eigenvalue weighted by molar-refractivity contribution is 7.98. The second kappa shape index (κ2) is 18.9. The second-order valence-corrected chi connectivity index (χ2v) is 23.5. The van der Waals surface area contributed by atoms with Gasteiger partial charge in [0.05, 0.1) is 52.0 Å². The van der Waals surface area contributed by atoms with Crippen molar-refractivity contribution in [2.75, 3.05) is 50.9 Å². The zero-order valence-corrected chi connectivity index (χ0v) is 37.8. The average Bonchev–Trinajstić information content (AvgIpc) is 4.08. The normalized spacial score (nSPS) is 19.1. The van der Waals surface area contributed by atoms with Gasteiger partial charge >= 0.3 is 12.2 Å². The number of alkyl carbamates (subject to hydrolysis) is 2. The lowest BCUT2D eigenvalue weighted by Crippen LogP contribution is -2.52. The van der Waals surface area contributed by atoms with Crippen molar-refractivity contribution in [2.24, 2.45) is 4.99 Å². The molecule has 3 N–H and O–H groups in total. The molecule has 1 aromatic heterocycles. The van der Waals surface area contributed by atoms with Crippen LogP contribution in [0, 0.1) is 0 Å². The molecule has 0 bridgehead atoms. The Morgan fingerprint density at radius 2 is 1.48 bits per heavy atom. The minimum Gasteiger partial charge on any atom is -0.453 e. The molecular weight excluding hydrogens is 815 g/mol. The number of thioether (sulfide) groups is 2. The fourth-order valence-electron chi connectivity index (χ4n) is 8.83. The van der Waals surface area contributed by atoms with Crippen molar-refractivity contribution in [3.63, 3.8) is 0 Å². The molecule has 2 saturated heterocycles. The van der Waals surface area contributed by atoms with Gasteiger partial charge in [0, 0.05) is 24.8 Å². The Labute approximate surface area is 361 Å². The van der Waals surface area contributed by atoms with Gasteiger partial charge in [0.1, 0.15) is 17.9 Å². The minimum absolute atomic E-state index is 0.0799. The zero-order valence-electron chi connectivity index (χ0n) is 35.2. The van der Waals surface area contributed by atoms with Gasteiger partial charge in [0.2, 0.25) is 11.8 Å². The summed E-state index contributed by atoms with van der Waals surface area (Å²) in [6.07, 6.45) is 8.77. The highest BCUT2D eigenvalue weighted by Crippen LogP contribution is 2.40. The number of methoxy groups -OCH3 is 2. The summed E-state index contributed by atoms with van der Waals surface area (Å²) < 4.78 is 9.66. The first kappa shape index (κ1) is 43.3. The van der Waals surface area contributed by atoms with E-state index in [9.17, 15) is 19.2 Å². The molecule has 0 radical (unpaired) electrons. The molecule has 4 aromatic rings. The number of aromatic amines is 1. The molecular formula is C44H55N7O6S2Si. The molecule has 0 saturated carbocycles. The van der Waals surface area contributed by atoms with E-state index in [1.54, 1.807) is 23.5 Å². The molecule has 60 heavy (non-hydrogen) atoms. The molecule has 16 heteroatoms. The average molecular weight is 870 g/mol. The number of H-pyrrole nitrogens is 1. The number of ether oxygens (including phenoxy) is 2. The van der Waals surface area contributed by atoms with Crippen LogP contribution < -0.4 is 10.6 Å². The quantitative estimate of drug-likeness (QED) is 0.109. The van der Waals surface area contributed by atoms with Crippen molar-refractivity contribution in [1.29, 1.82) is 0 Å². The molecule has 3 aliphatic heterocycles. The molecule has 318 valence electrons. The largest absolute Gasteiger partial charge is 0.453 e. The van der Waals surface area contributed by atoms with Crippen molar-refractivity contribution in [2.45, 2.75) is 75.4 Å². The first-order chi connectivity index (χ1) is 28.9. The Kier molecular flexibility index (Phi) is 13.6. The number of hydrogen-bond acceptors (Lipinski definition) is 10. The standard InChI is InChI=1S/C44H55N7O6S2Si/c1-56-43(54)48-34(17-20-58-3)41(52)50-19-7-8-38(50)36-23-32-31-15-13-29(22-30(31)14-16-33(32)46-36)27-9-11-28(12-10-27)37-24-45-40(47-37)39-25-60(5,6)26-51(39)42(53)35(18-21-59-4)49-44(55)57-2/h9-16,22,24,34-35,38-39H,7-8,17-21,23,25-26H2,1-6H3,(H,45,47)(H,48,54)(H,49,55)/t34-,35-,38-,39-/m0/s1. The number of nitrogens with one attached hydrogen (secondary N) is 3. The number of hydrogen-bond donors (Lipinski definition) is 3. The molecule has 7 rings (SSSR count). The molecule has 4 amide bonds. The predicted molar refractivity (Wildman–Crippen MR) is 244 cm³/mol. The maximum Gasteiger partial charge on any atom is 0.407 e. The number of nitrogens with zero attached hydrogens (tertiary/aromatic N) is 4. The van der Waals surface area contributed by atoms with E-state index in [1.165, 1.54) is 19.8 Å². The molecule has 0 spiro atoms. The van der Waals surface area contributed by atoms with Gasteiger partial charge in [0.15, 0.2) is 0 Å². The van der Waals surface area contributed by atoms with Gasteiger partial charge in [-0.15, -0.1) is 0 Å². The number of carbonyl (C=O) groups excluding carboxylic acids is 4. The second-order valence-electron chi connectivity index (χ2n) is 16.5. The third-order valence-electron chi connectivity index (χ3n) is 11.9. The van der Waals surface area contributed by atoms with Crippen LogP contribution in [0.1, 0.15) is 43.1 Å². The van der Waals surface area contributed by atoms with E-state index >= 15 is 0 Å². The molecule has 0 unspecified atom stereocenters. The summed E-state index contributed by atoms with van der Waals surface area (Å²) in [7, 11) is 0.876. The van der Waals surface area contributed by atoms with E-state index in [-0.39, 0.29) is 23.9 Å². The van der Waals surface area contributed by atoms with Gasteiger partial charge in [-0.1, -0.05) is 55.6 Å². The summed E-state index contributed by atoms with van der Waals surface area (Å²) in [5, 5.41) is 7.81. The summed E-state index contributed by atoms with van der Waals surface area (Å²) in [5.41, 5.74) is 7.18. The number of amides is 4. The highest BCUT2D eigenvalue weighted by atomic mass is 32.2. The predicted octanol–water partition coefficient (Wildman–Crippen LogP) is 7.60. The Balaban J connectivity index is 1.04. The van der Waals surface area contributed by atoms with Gasteiger partial charge in [-0.3, -0.25) is 14.6 Å². The topological polar surface area (TPSA) is 158 Å². The lowest BCUT2D eigenvalue weighted by Gasteiger charge is -2.29. The molecule has 2 fully saturated rings. The lowest BCUT2D eigenvalue weighted by atomic mass is 9.95. The molecule has 4 heterocycles. The van der Waals surface area contributed by atoms with E-state index in [1.807, 2.05) is 28.5 Å². The van der Waals surface area contributed by atoms with E-state index in [0.29, 0.717) is 32.0 Å². The van der Waals surface area contributed by atoms with Crippen molar-refractivity contribution in [1.82, 2.24) is 30.4 Å². The summed E-state index contributed by atoms with van der Waals surface area (Å²) in [4.78, 5) is 69.2. The molecule has 13 nitrogen and oxygen atoms in total. The van der Waals surface area contributed by atoms with Gasteiger partial charge in [-0.25, -0.2) is 14.6 Å².